The minimum Gasteiger partial charge on any atom is -0.466 e. The highest BCUT2D eigenvalue weighted by atomic mass is 16.6. The predicted octanol–water partition coefficient (Wildman–Crippen LogP) is 3.32. The molecule has 2 unspecified atom stereocenters. The molecule has 0 bridgehead atoms. The van der Waals surface area contributed by atoms with Gasteiger partial charge in [-0.05, 0) is 50.8 Å². The minimum atomic E-state index is -1.14. The highest BCUT2D eigenvalue weighted by Crippen LogP contribution is 2.24. The number of hydrogen-bond donors (Lipinski definition) is 3. The Balaban J connectivity index is 2.45. The second-order valence-electron chi connectivity index (χ2n) is 10.5. The highest BCUT2D eigenvalue weighted by molar-refractivity contribution is 5.92. The number of hydrogen-bond acceptors (Lipinski definition) is 7. The van der Waals surface area contributed by atoms with Gasteiger partial charge < -0.3 is 30.1 Å². The molecule has 2 aromatic carbocycles. The van der Waals surface area contributed by atoms with Gasteiger partial charge in [-0.25, -0.2) is 4.79 Å². The molecular formula is C31H43N3O7. The Bertz CT molecular complexity index is 1130. The van der Waals surface area contributed by atoms with Crippen molar-refractivity contribution in [3.8, 4) is 0 Å². The molecule has 0 radical (unpaired) electrons. The molecule has 0 spiro atoms. The zero-order valence-electron chi connectivity index (χ0n) is 24.6. The van der Waals surface area contributed by atoms with Crippen LogP contribution in [-0.2, 0) is 36.7 Å². The second kappa shape index (κ2) is 16.4. The van der Waals surface area contributed by atoms with Crippen LogP contribution in [0, 0.1) is 0 Å². The lowest BCUT2D eigenvalue weighted by molar-refractivity contribution is -0.144. The SMILES string of the molecule is CCOC(=O)CCNC(=O)C(c1ccc(CC)cc1)N(CCO)C(=O)C(Cc1ccccc1)NC(=O)OC(C)(C)C. The van der Waals surface area contributed by atoms with E-state index in [2.05, 4.69) is 10.6 Å². The van der Waals surface area contributed by atoms with Crippen LogP contribution in [0.25, 0.3) is 0 Å². The van der Waals surface area contributed by atoms with Crippen LogP contribution < -0.4 is 10.6 Å². The molecule has 0 saturated carbocycles. The van der Waals surface area contributed by atoms with Gasteiger partial charge in [-0.2, -0.15) is 0 Å². The zero-order chi connectivity index (χ0) is 30.4. The van der Waals surface area contributed by atoms with Crippen LogP contribution in [0.5, 0.6) is 0 Å². The summed E-state index contributed by atoms with van der Waals surface area (Å²) in [6.45, 7) is 8.49. The number of amides is 3. The van der Waals surface area contributed by atoms with Gasteiger partial charge >= 0.3 is 12.1 Å². The fourth-order valence-electron chi connectivity index (χ4n) is 4.20. The van der Waals surface area contributed by atoms with Crippen molar-refractivity contribution >= 4 is 23.9 Å². The van der Waals surface area contributed by atoms with Crippen molar-refractivity contribution in [2.24, 2.45) is 0 Å². The summed E-state index contributed by atoms with van der Waals surface area (Å²) in [5.74, 6) is -1.56. The molecule has 0 aliphatic rings. The van der Waals surface area contributed by atoms with E-state index in [1.54, 1.807) is 39.8 Å². The number of rotatable bonds is 14. The molecule has 3 N–H and O–H groups in total. The maximum absolute atomic E-state index is 14.1. The van der Waals surface area contributed by atoms with Gasteiger partial charge in [0.2, 0.25) is 11.8 Å². The summed E-state index contributed by atoms with van der Waals surface area (Å²) in [6.07, 6.45) is 0.103. The monoisotopic (exact) mass is 569 g/mol. The quantitative estimate of drug-likeness (QED) is 0.297. The first-order chi connectivity index (χ1) is 19.5. The van der Waals surface area contributed by atoms with Gasteiger partial charge in [-0.3, -0.25) is 14.4 Å². The molecule has 2 aromatic rings. The molecule has 3 amide bonds. The fourth-order valence-corrected chi connectivity index (χ4v) is 4.20. The first kappa shape index (κ1) is 33.3. The third-order valence-electron chi connectivity index (χ3n) is 6.09. The largest absolute Gasteiger partial charge is 0.466 e. The fraction of sp³-hybridized carbons (Fsp3) is 0.484. The Labute approximate surface area is 242 Å². The van der Waals surface area contributed by atoms with E-state index in [-0.39, 0.29) is 32.5 Å². The summed E-state index contributed by atoms with van der Waals surface area (Å²) in [6, 6.07) is 14.2. The smallest absolute Gasteiger partial charge is 0.408 e. The van der Waals surface area contributed by atoms with Gasteiger partial charge in [0.1, 0.15) is 17.7 Å². The normalized spacial score (nSPS) is 12.5. The van der Waals surface area contributed by atoms with Crippen LogP contribution in [0.1, 0.15) is 63.8 Å². The number of nitrogens with one attached hydrogen (secondary N) is 2. The predicted molar refractivity (Wildman–Crippen MR) is 155 cm³/mol. The third-order valence-corrected chi connectivity index (χ3v) is 6.09. The maximum Gasteiger partial charge on any atom is 0.408 e. The van der Waals surface area contributed by atoms with Gasteiger partial charge in [0, 0.05) is 19.5 Å². The van der Waals surface area contributed by atoms with E-state index < -0.39 is 48.2 Å². The third kappa shape index (κ3) is 11.2. The molecule has 0 heterocycles. The summed E-state index contributed by atoms with van der Waals surface area (Å²) in [7, 11) is 0. The van der Waals surface area contributed by atoms with Gasteiger partial charge in [0.15, 0.2) is 0 Å². The van der Waals surface area contributed by atoms with Crippen LogP contribution in [0.15, 0.2) is 54.6 Å². The van der Waals surface area contributed by atoms with Crippen LogP contribution in [-0.4, -0.2) is 71.8 Å². The van der Waals surface area contributed by atoms with Crippen LogP contribution >= 0.6 is 0 Å². The molecule has 0 aliphatic heterocycles. The standard InChI is InChI=1S/C31H43N3O7/c1-6-22-13-15-24(16-14-22)27(28(37)32-18-17-26(36)40-7-2)34(19-20-35)29(38)25(21-23-11-9-8-10-12-23)33-30(39)41-31(3,4)5/h8-16,25,27,35H,6-7,17-21H2,1-5H3,(H,32,37)(H,33,39). The van der Waals surface area contributed by atoms with Crippen molar-refractivity contribution in [2.45, 2.75) is 71.6 Å². The molecule has 41 heavy (non-hydrogen) atoms. The molecule has 0 saturated heterocycles. The second-order valence-corrected chi connectivity index (χ2v) is 10.5. The first-order valence-corrected chi connectivity index (χ1v) is 14.0. The van der Waals surface area contributed by atoms with Gasteiger partial charge in [-0.1, -0.05) is 61.5 Å². The van der Waals surface area contributed by atoms with Crippen molar-refractivity contribution in [1.82, 2.24) is 15.5 Å². The van der Waals surface area contributed by atoms with Crippen molar-refractivity contribution in [1.29, 1.82) is 0 Å². The van der Waals surface area contributed by atoms with Crippen LogP contribution in [0.4, 0.5) is 4.79 Å². The number of carbonyl (C=O) groups excluding carboxylic acids is 4. The average Bonchev–Trinajstić information content (AvgIpc) is 2.92. The lowest BCUT2D eigenvalue weighted by Crippen LogP contribution is -2.54. The number of ether oxygens (including phenoxy) is 2. The summed E-state index contributed by atoms with van der Waals surface area (Å²) in [5.41, 5.74) is 1.56. The number of carbonyl (C=O) groups is 4. The van der Waals surface area contributed by atoms with E-state index in [9.17, 15) is 24.3 Å². The maximum atomic E-state index is 14.1. The van der Waals surface area contributed by atoms with Crippen LogP contribution in [0.3, 0.4) is 0 Å². The summed E-state index contributed by atoms with van der Waals surface area (Å²) >= 11 is 0. The Hall–Kier alpha value is -3.92. The Morgan fingerprint density at radius 2 is 1.61 bits per heavy atom. The Morgan fingerprint density at radius 3 is 2.17 bits per heavy atom. The molecule has 10 nitrogen and oxygen atoms in total. The highest BCUT2D eigenvalue weighted by Gasteiger charge is 2.36. The number of esters is 1. The van der Waals surface area contributed by atoms with E-state index in [0.717, 1.165) is 17.5 Å². The van der Waals surface area contributed by atoms with E-state index in [1.165, 1.54) is 4.90 Å². The summed E-state index contributed by atoms with van der Waals surface area (Å²) in [5, 5.41) is 15.4. The van der Waals surface area contributed by atoms with E-state index in [0.29, 0.717) is 5.56 Å². The van der Waals surface area contributed by atoms with E-state index in [1.807, 2.05) is 49.4 Å². The van der Waals surface area contributed by atoms with Crippen molar-refractivity contribution in [2.75, 3.05) is 26.3 Å². The van der Waals surface area contributed by atoms with Crippen molar-refractivity contribution in [3.05, 3.63) is 71.3 Å². The summed E-state index contributed by atoms with van der Waals surface area (Å²) < 4.78 is 10.4. The molecule has 2 rings (SSSR count). The Morgan fingerprint density at radius 1 is 0.951 bits per heavy atom. The molecular weight excluding hydrogens is 526 g/mol. The topological polar surface area (TPSA) is 134 Å². The zero-order valence-corrected chi connectivity index (χ0v) is 24.6. The molecule has 224 valence electrons. The lowest BCUT2D eigenvalue weighted by atomic mass is 9.99. The molecule has 2 atom stereocenters. The number of aliphatic hydroxyl groups excluding tert-OH is 1. The van der Waals surface area contributed by atoms with Crippen molar-refractivity contribution in [3.63, 3.8) is 0 Å². The average molecular weight is 570 g/mol. The molecule has 0 aromatic heterocycles. The van der Waals surface area contributed by atoms with E-state index in [4.69, 9.17) is 9.47 Å². The summed E-state index contributed by atoms with van der Waals surface area (Å²) in [4.78, 5) is 53.6. The van der Waals surface area contributed by atoms with Crippen molar-refractivity contribution < 1.29 is 33.8 Å². The number of benzene rings is 2. The molecule has 10 heteroatoms. The minimum absolute atomic E-state index is 0.00592. The van der Waals surface area contributed by atoms with Gasteiger partial charge in [-0.15, -0.1) is 0 Å². The Kier molecular flexibility index (Phi) is 13.3. The van der Waals surface area contributed by atoms with Crippen LogP contribution in [0.2, 0.25) is 0 Å². The number of aryl methyl sites for hydroxylation is 1. The van der Waals surface area contributed by atoms with Gasteiger partial charge in [0.05, 0.1) is 19.6 Å². The first-order valence-electron chi connectivity index (χ1n) is 14.0. The van der Waals surface area contributed by atoms with E-state index >= 15 is 0 Å². The number of aliphatic hydroxyl groups is 1. The molecule has 0 fully saturated rings. The number of alkyl carbamates (subject to hydrolysis) is 1. The van der Waals surface area contributed by atoms with Gasteiger partial charge in [0.25, 0.3) is 0 Å². The lowest BCUT2D eigenvalue weighted by Gasteiger charge is -2.34. The number of nitrogens with zero attached hydrogens (tertiary/aromatic N) is 1. The molecule has 0 aliphatic carbocycles.